The van der Waals surface area contributed by atoms with Crippen LogP contribution in [0.25, 0.3) is 0 Å². The van der Waals surface area contributed by atoms with E-state index in [1.165, 1.54) is 16.0 Å². The molecule has 3 heteroatoms. The lowest BCUT2D eigenvalue weighted by Crippen LogP contribution is -2.12. The van der Waals surface area contributed by atoms with Crippen LogP contribution < -0.4 is 11.1 Å². The van der Waals surface area contributed by atoms with Gasteiger partial charge in [-0.1, -0.05) is 19.1 Å². The van der Waals surface area contributed by atoms with E-state index < -0.39 is 0 Å². The molecule has 1 aromatic carbocycles. The maximum Gasteiger partial charge on any atom is 0.0343 e. The van der Waals surface area contributed by atoms with E-state index >= 15 is 0 Å². The van der Waals surface area contributed by atoms with Crippen molar-refractivity contribution in [3.05, 3.63) is 51.2 Å². The molecule has 0 bridgehead atoms. The third-order valence-corrected chi connectivity index (χ3v) is 4.13. The van der Waals surface area contributed by atoms with Gasteiger partial charge in [-0.05, 0) is 47.5 Å². The summed E-state index contributed by atoms with van der Waals surface area (Å²) in [4.78, 5) is 1.45. The molecular weight excluding hydrogens is 240 g/mol. The zero-order chi connectivity index (χ0) is 13.0. The highest BCUT2D eigenvalue weighted by Crippen LogP contribution is 2.17. The molecule has 0 radical (unpaired) electrons. The first-order chi connectivity index (χ1) is 8.70. The number of nitrogens with two attached hydrogens (primary N) is 1. The molecule has 0 aliphatic rings. The lowest BCUT2D eigenvalue weighted by molar-refractivity contribution is 0.696. The first-order valence-electron chi connectivity index (χ1n) is 6.31. The van der Waals surface area contributed by atoms with Gasteiger partial charge in [0.05, 0.1) is 0 Å². The number of hydrogen-bond acceptors (Lipinski definition) is 3. The predicted molar refractivity (Wildman–Crippen MR) is 79.8 cm³/mol. The molecule has 0 aliphatic heterocycles. The van der Waals surface area contributed by atoms with E-state index in [-0.39, 0.29) is 0 Å². The number of anilines is 1. The molecular formula is C15H20N2S. The molecule has 0 spiro atoms. The maximum atomic E-state index is 5.81. The second-order valence-corrected chi connectivity index (χ2v) is 5.52. The molecule has 0 saturated carbocycles. The number of rotatable bonds is 5. The molecule has 0 atom stereocenters. The third kappa shape index (κ3) is 3.12. The van der Waals surface area contributed by atoms with E-state index in [4.69, 9.17) is 5.73 Å². The van der Waals surface area contributed by atoms with E-state index in [0.717, 1.165) is 30.8 Å². The fourth-order valence-corrected chi connectivity index (χ4v) is 2.95. The Morgan fingerprint density at radius 3 is 2.78 bits per heavy atom. The van der Waals surface area contributed by atoms with Crippen molar-refractivity contribution in [2.45, 2.75) is 33.4 Å². The van der Waals surface area contributed by atoms with Gasteiger partial charge in [-0.15, -0.1) is 11.3 Å². The van der Waals surface area contributed by atoms with Crippen LogP contribution in [0.15, 0.2) is 29.6 Å². The van der Waals surface area contributed by atoms with Crippen LogP contribution in [0.2, 0.25) is 0 Å². The Hall–Kier alpha value is -1.32. The van der Waals surface area contributed by atoms with Crippen LogP contribution in [-0.2, 0) is 19.5 Å². The average Bonchev–Trinajstić information content (AvgIpc) is 2.81. The molecule has 0 fully saturated rings. The highest BCUT2D eigenvalue weighted by atomic mass is 32.1. The number of thiophene rings is 1. The van der Waals surface area contributed by atoms with Crippen LogP contribution in [0.5, 0.6) is 0 Å². The number of aryl methyl sites for hydroxylation is 2. The van der Waals surface area contributed by atoms with Crippen LogP contribution in [0.1, 0.15) is 28.5 Å². The van der Waals surface area contributed by atoms with Gasteiger partial charge < -0.3 is 11.1 Å². The summed E-state index contributed by atoms with van der Waals surface area (Å²) in [5.41, 5.74) is 10.6. The molecule has 3 N–H and O–H groups in total. The van der Waals surface area contributed by atoms with Crippen molar-refractivity contribution in [1.29, 1.82) is 0 Å². The van der Waals surface area contributed by atoms with Crippen molar-refractivity contribution in [2.75, 3.05) is 5.73 Å². The minimum absolute atomic E-state index is 0.866. The summed E-state index contributed by atoms with van der Waals surface area (Å²) in [6.45, 7) is 6.09. The summed E-state index contributed by atoms with van der Waals surface area (Å²) in [5.74, 6) is 0. The maximum absolute atomic E-state index is 5.81. The van der Waals surface area contributed by atoms with Gasteiger partial charge in [-0.3, -0.25) is 0 Å². The largest absolute Gasteiger partial charge is 0.399 e. The van der Waals surface area contributed by atoms with Gasteiger partial charge in [0, 0.05) is 23.7 Å². The second-order valence-electron chi connectivity index (χ2n) is 4.52. The average molecular weight is 260 g/mol. The van der Waals surface area contributed by atoms with E-state index in [1.807, 2.05) is 24.3 Å². The van der Waals surface area contributed by atoms with E-state index in [9.17, 15) is 0 Å². The Morgan fingerprint density at radius 2 is 2.06 bits per heavy atom. The standard InChI is InChI=1S/C15H20N2S/c1-3-13-6-7-18-15(13)10-17-9-12-4-5-14(16)11(2)8-12/h4-8,17H,3,9-10,16H2,1-2H3. The van der Waals surface area contributed by atoms with E-state index in [2.05, 4.69) is 35.8 Å². The number of nitrogens with one attached hydrogen (secondary N) is 1. The highest BCUT2D eigenvalue weighted by molar-refractivity contribution is 7.10. The summed E-state index contributed by atoms with van der Waals surface area (Å²) in [6.07, 6.45) is 1.11. The fourth-order valence-electron chi connectivity index (χ4n) is 2.01. The van der Waals surface area contributed by atoms with Gasteiger partial charge >= 0.3 is 0 Å². The molecule has 0 saturated heterocycles. The Kier molecular flexibility index (Phi) is 4.39. The van der Waals surface area contributed by atoms with Crippen LogP contribution in [0.4, 0.5) is 5.69 Å². The Bertz CT molecular complexity index is 517. The summed E-state index contributed by atoms with van der Waals surface area (Å²) in [6, 6.07) is 8.44. The van der Waals surface area contributed by atoms with Crippen molar-refractivity contribution >= 4 is 17.0 Å². The van der Waals surface area contributed by atoms with E-state index in [1.54, 1.807) is 0 Å². The normalized spacial score (nSPS) is 10.8. The molecule has 18 heavy (non-hydrogen) atoms. The van der Waals surface area contributed by atoms with Gasteiger partial charge in [0.25, 0.3) is 0 Å². The highest BCUT2D eigenvalue weighted by Gasteiger charge is 2.02. The molecule has 1 aromatic heterocycles. The molecule has 0 amide bonds. The molecule has 0 aliphatic carbocycles. The second kappa shape index (κ2) is 6.03. The van der Waals surface area contributed by atoms with Gasteiger partial charge in [0.15, 0.2) is 0 Å². The van der Waals surface area contributed by atoms with Crippen molar-refractivity contribution in [3.8, 4) is 0 Å². The summed E-state index contributed by atoms with van der Waals surface area (Å²) >= 11 is 1.83. The van der Waals surface area contributed by atoms with Crippen molar-refractivity contribution in [1.82, 2.24) is 5.32 Å². The minimum Gasteiger partial charge on any atom is -0.399 e. The lowest BCUT2D eigenvalue weighted by Gasteiger charge is -2.07. The number of benzene rings is 1. The predicted octanol–water partition coefficient (Wildman–Crippen LogP) is 3.49. The van der Waals surface area contributed by atoms with Crippen molar-refractivity contribution < 1.29 is 0 Å². The van der Waals surface area contributed by atoms with Gasteiger partial charge in [0.1, 0.15) is 0 Å². The molecule has 2 nitrogen and oxygen atoms in total. The van der Waals surface area contributed by atoms with Gasteiger partial charge in [0.2, 0.25) is 0 Å². The fraction of sp³-hybridized carbons (Fsp3) is 0.333. The number of hydrogen-bond donors (Lipinski definition) is 2. The first-order valence-corrected chi connectivity index (χ1v) is 7.19. The van der Waals surface area contributed by atoms with Crippen LogP contribution in [0, 0.1) is 6.92 Å². The monoisotopic (exact) mass is 260 g/mol. The minimum atomic E-state index is 0.866. The molecule has 0 unspecified atom stereocenters. The van der Waals surface area contributed by atoms with Crippen LogP contribution >= 0.6 is 11.3 Å². The Balaban J connectivity index is 1.90. The molecule has 2 rings (SSSR count). The summed E-state index contributed by atoms with van der Waals surface area (Å²) in [7, 11) is 0. The lowest BCUT2D eigenvalue weighted by atomic mass is 10.1. The quantitative estimate of drug-likeness (QED) is 0.808. The summed E-state index contributed by atoms with van der Waals surface area (Å²) < 4.78 is 0. The van der Waals surface area contributed by atoms with Crippen molar-refractivity contribution in [3.63, 3.8) is 0 Å². The van der Waals surface area contributed by atoms with Crippen molar-refractivity contribution in [2.24, 2.45) is 0 Å². The Morgan fingerprint density at radius 1 is 1.22 bits per heavy atom. The Labute approximate surface area is 113 Å². The third-order valence-electron chi connectivity index (χ3n) is 3.17. The van der Waals surface area contributed by atoms with Gasteiger partial charge in [-0.25, -0.2) is 0 Å². The van der Waals surface area contributed by atoms with E-state index in [0.29, 0.717) is 0 Å². The molecule has 1 heterocycles. The topological polar surface area (TPSA) is 38.0 Å². The van der Waals surface area contributed by atoms with Gasteiger partial charge in [-0.2, -0.15) is 0 Å². The molecule has 96 valence electrons. The smallest absolute Gasteiger partial charge is 0.0343 e. The first kappa shape index (κ1) is 13.1. The SMILES string of the molecule is CCc1ccsc1CNCc1ccc(N)c(C)c1. The van der Waals surface area contributed by atoms with Crippen LogP contribution in [0.3, 0.4) is 0 Å². The zero-order valence-electron chi connectivity index (χ0n) is 11.0. The number of nitrogen functional groups attached to an aromatic ring is 1. The zero-order valence-corrected chi connectivity index (χ0v) is 11.8. The summed E-state index contributed by atoms with van der Waals surface area (Å²) in [5, 5.41) is 5.66. The van der Waals surface area contributed by atoms with Crippen LogP contribution in [-0.4, -0.2) is 0 Å². The molecule has 2 aromatic rings.